The highest BCUT2D eigenvalue weighted by molar-refractivity contribution is 5.81. The van der Waals surface area contributed by atoms with Crippen molar-refractivity contribution in [1.29, 1.82) is 0 Å². The highest BCUT2D eigenvalue weighted by Crippen LogP contribution is 2.00. The molecule has 7 nitrogen and oxygen atoms in total. The predicted molar refractivity (Wildman–Crippen MR) is 84.3 cm³/mol. The topological polar surface area (TPSA) is 97.6 Å². The number of likely N-dealkylation sites (N-methyl/N-ethyl adjacent to an activating group) is 1. The van der Waals surface area contributed by atoms with Gasteiger partial charge in [-0.1, -0.05) is 6.42 Å². The first-order valence-electron chi connectivity index (χ1n) is 7.71. The molecule has 0 aliphatic rings. The summed E-state index contributed by atoms with van der Waals surface area (Å²) in [4.78, 5) is 11.9. The van der Waals surface area contributed by atoms with Crippen LogP contribution in [-0.2, 0) is 14.3 Å². The number of carbonyl (C=O) groups is 1. The zero-order chi connectivity index (χ0) is 15.8. The molecule has 5 N–H and O–H groups in total. The number of hydrogen-bond acceptors (Lipinski definition) is 6. The van der Waals surface area contributed by atoms with Crippen molar-refractivity contribution in [1.82, 2.24) is 16.0 Å². The number of rotatable bonds is 15. The van der Waals surface area contributed by atoms with E-state index in [0.717, 1.165) is 25.8 Å². The van der Waals surface area contributed by atoms with E-state index in [1.54, 1.807) is 0 Å². The molecule has 0 rings (SSSR count). The molecule has 0 aliphatic carbocycles. The van der Waals surface area contributed by atoms with Crippen LogP contribution in [0.15, 0.2) is 0 Å². The second-order valence-electron chi connectivity index (χ2n) is 4.75. The standard InChI is InChI=1S/C14H32N4O3/c1-16-7-4-3-5-13(17-2)14(19)18-8-10-21-12-11-20-9-6-15/h13,16-17H,3-12,15H2,1-2H3,(H,18,19). The van der Waals surface area contributed by atoms with Crippen LogP contribution in [0.4, 0.5) is 0 Å². The zero-order valence-electron chi connectivity index (χ0n) is 13.5. The Balaban J connectivity index is 3.52. The van der Waals surface area contributed by atoms with Crippen LogP contribution in [-0.4, -0.2) is 72.1 Å². The van der Waals surface area contributed by atoms with Crippen molar-refractivity contribution >= 4 is 5.91 Å². The molecule has 1 amide bonds. The van der Waals surface area contributed by atoms with Crippen LogP contribution in [0.5, 0.6) is 0 Å². The van der Waals surface area contributed by atoms with Crippen molar-refractivity contribution in [2.24, 2.45) is 5.73 Å². The van der Waals surface area contributed by atoms with Gasteiger partial charge in [0, 0.05) is 13.1 Å². The minimum absolute atomic E-state index is 0.0324. The molecule has 0 aromatic carbocycles. The van der Waals surface area contributed by atoms with Crippen LogP contribution >= 0.6 is 0 Å². The van der Waals surface area contributed by atoms with Gasteiger partial charge in [-0.3, -0.25) is 4.79 Å². The first-order valence-corrected chi connectivity index (χ1v) is 7.71. The summed E-state index contributed by atoms with van der Waals surface area (Å²) in [5, 5.41) is 9.02. The summed E-state index contributed by atoms with van der Waals surface area (Å²) >= 11 is 0. The van der Waals surface area contributed by atoms with Gasteiger partial charge in [-0.25, -0.2) is 0 Å². The molecule has 0 heterocycles. The SMILES string of the molecule is CNCCCCC(NC)C(=O)NCCOCCOCCN. The Hall–Kier alpha value is -0.730. The third-order valence-corrected chi connectivity index (χ3v) is 3.01. The number of ether oxygens (including phenoxy) is 2. The van der Waals surface area contributed by atoms with Crippen molar-refractivity contribution in [2.45, 2.75) is 25.3 Å². The third-order valence-electron chi connectivity index (χ3n) is 3.01. The fraction of sp³-hybridized carbons (Fsp3) is 0.929. The molecule has 126 valence electrons. The minimum Gasteiger partial charge on any atom is -0.378 e. The molecule has 1 unspecified atom stereocenters. The molecule has 0 aromatic heterocycles. The number of hydrogen-bond donors (Lipinski definition) is 4. The van der Waals surface area contributed by atoms with Crippen LogP contribution < -0.4 is 21.7 Å². The van der Waals surface area contributed by atoms with E-state index >= 15 is 0 Å². The number of nitrogens with one attached hydrogen (secondary N) is 3. The maximum atomic E-state index is 11.9. The molecule has 21 heavy (non-hydrogen) atoms. The fourth-order valence-electron chi connectivity index (χ4n) is 1.83. The van der Waals surface area contributed by atoms with Gasteiger partial charge in [-0.05, 0) is 33.5 Å². The number of amides is 1. The van der Waals surface area contributed by atoms with Gasteiger partial charge in [0.25, 0.3) is 0 Å². The third kappa shape index (κ3) is 12.7. The van der Waals surface area contributed by atoms with Gasteiger partial charge in [0.05, 0.1) is 32.5 Å². The lowest BCUT2D eigenvalue weighted by Gasteiger charge is -2.16. The van der Waals surface area contributed by atoms with Crippen LogP contribution in [0.3, 0.4) is 0 Å². The van der Waals surface area contributed by atoms with E-state index in [4.69, 9.17) is 15.2 Å². The largest absolute Gasteiger partial charge is 0.378 e. The Bertz CT molecular complexity index is 242. The predicted octanol–water partition coefficient (Wildman–Crippen LogP) is -0.928. The van der Waals surface area contributed by atoms with Crippen LogP contribution in [0.25, 0.3) is 0 Å². The van der Waals surface area contributed by atoms with Crippen LogP contribution in [0.1, 0.15) is 19.3 Å². The van der Waals surface area contributed by atoms with Crippen molar-refractivity contribution in [3.05, 3.63) is 0 Å². The lowest BCUT2D eigenvalue weighted by molar-refractivity contribution is -0.123. The van der Waals surface area contributed by atoms with Gasteiger partial charge in [-0.15, -0.1) is 0 Å². The maximum absolute atomic E-state index is 11.9. The molecule has 0 bridgehead atoms. The second-order valence-corrected chi connectivity index (χ2v) is 4.75. The van der Waals surface area contributed by atoms with Crippen molar-refractivity contribution in [3.63, 3.8) is 0 Å². The van der Waals surface area contributed by atoms with Gasteiger partial charge >= 0.3 is 0 Å². The molecule has 0 spiro atoms. The van der Waals surface area contributed by atoms with E-state index in [1.807, 2.05) is 14.1 Å². The van der Waals surface area contributed by atoms with Gasteiger partial charge in [0.1, 0.15) is 0 Å². The van der Waals surface area contributed by atoms with Gasteiger partial charge < -0.3 is 31.2 Å². The van der Waals surface area contributed by atoms with E-state index in [0.29, 0.717) is 39.5 Å². The Morgan fingerprint density at radius 1 is 1.05 bits per heavy atom. The molecule has 0 saturated heterocycles. The Morgan fingerprint density at radius 3 is 2.38 bits per heavy atom. The summed E-state index contributed by atoms with van der Waals surface area (Å²) in [6.07, 6.45) is 2.94. The summed E-state index contributed by atoms with van der Waals surface area (Å²) in [6.45, 7) is 4.13. The average Bonchev–Trinajstić information content (AvgIpc) is 2.50. The van der Waals surface area contributed by atoms with Gasteiger partial charge in [0.2, 0.25) is 5.91 Å². The Labute approximate surface area is 128 Å². The van der Waals surface area contributed by atoms with E-state index in [-0.39, 0.29) is 11.9 Å². The Morgan fingerprint density at radius 2 is 1.76 bits per heavy atom. The molecule has 0 aliphatic heterocycles. The quantitative estimate of drug-likeness (QED) is 0.292. The molecule has 0 aromatic rings. The molecule has 7 heteroatoms. The van der Waals surface area contributed by atoms with Crippen LogP contribution in [0.2, 0.25) is 0 Å². The number of carbonyl (C=O) groups excluding carboxylic acids is 1. The van der Waals surface area contributed by atoms with E-state index in [9.17, 15) is 4.79 Å². The molecular weight excluding hydrogens is 272 g/mol. The summed E-state index contributed by atoms with van der Waals surface area (Å²) in [5.74, 6) is 0.0324. The first kappa shape index (κ1) is 20.3. The summed E-state index contributed by atoms with van der Waals surface area (Å²) in [6, 6.07) is -0.130. The van der Waals surface area contributed by atoms with Crippen molar-refractivity contribution in [3.8, 4) is 0 Å². The average molecular weight is 304 g/mol. The highest BCUT2D eigenvalue weighted by atomic mass is 16.5. The highest BCUT2D eigenvalue weighted by Gasteiger charge is 2.14. The van der Waals surface area contributed by atoms with Gasteiger partial charge in [0.15, 0.2) is 0 Å². The molecule has 0 saturated carbocycles. The normalized spacial score (nSPS) is 12.3. The van der Waals surface area contributed by atoms with E-state index < -0.39 is 0 Å². The number of nitrogens with two attached hydrogens (primary N) is 1. The maximum Gasteiger partial charge on any atom is 0.237 e. The molecule has 1 atom stereocenters. The summed E-state index contributed by atoms with van der Waals surface area (Å²) < 4.78 is 10.5. The number of unbranched alkanes of at least 4 members (excludes halogenated alkanes) is 1. The molecule has 0 fully saturated rings. The summed E-state index contributed by atoms with van der Waals surface area (Å²) in [5.41, 5.74) is 5.29. The summed E-state index contributed by atoms with van der Waals surface area (Å²) in [7, 11) is 3.75. The monoisotopic (exact) mass is 304 g/mol. The second kappa shape index (κ2) is 15.7. The van der Waals surface area contributed by atoms with Crippen LogP contribution in [0, 0.1) is 0 Å². The zero-order valence-corrected chi connectivity index (χ0v) is 13.5. The van der Waals surface area contributed by atoms with Crippen molar-refractivity contribution < 1.29 is 14.3 Å². The van der Waals surface area contributed by atoms with E-state index in [1.165, 1.54) is 0 Å². The molecular formula is C14H32N4O3. The van der Waals surface area contributed by atoms with E-state index in [2.05, 4.69) is 16.0 Å². The minimum atomic E-state index is -0.130. The first-order chi connectivity index (χ1) is 10.3. The van der Waals surface area contributed by atoms with Gasteiger partial charge in [-0.2, -0.15) is 0 Å². The Kier molecular flexibility index (Phi) is 15.1. The lowest BCUT2D eigenvalue weighted by atomic mass is 10.1. The fourth-order valence-corrected chi connectivity index (χ4v) is 1.83. The lowest BCUT2D eigenvalue weighted by Crippen LogP contribution is -2.43. The molecule has 0 radical (unpaired) electrons. The smallest absolute Gasteiger partial charge is 0.237 e. The van der Waals surface area contributed by atoms with Crippen molar-refractivity contribution in [2.75, 3.05) is 60.2 Å².